The number of hydrogen-bond acceptors (Lipinski definition) is 4. The molecule has 3 atom stereocenters. The lowest BCUT2D eigenvalue weighted by Gasteiger charge is -2.23. The fourth-order valence-corrected chi connectivity index (χ4v) is 4.40. The third-order valence-electron chi connectivity index (χ3n) is 6.11. The summed E-state index contributed by atoms with van der Waals surface area (Å²) in [6.07, 6.45) is 4.59. The van der Waals surface area contributed by atoms with Crippen LogP contribution in [-0.2, 0) is 9.53 Å². The number of esters is 1. The summed E-state index contributed by atoms with van der Waals surface area (Å²) in [5.74, 6) is -0.259. The van der Waals surface area contributed by atoms with Crippen molar-refractivity contribution in [2.75, 3.05) is 13.7 Å². The molecule has 4 rings (SSSR count). The van der Waals surface area contributed by atoms with E-state index < -0.39 is 5.92 Å². The van der Waals surface area contributed by atoms with Crippen LogP contribution in [0.15, 0.2) is 91.0 Å². The summed E-state index contributed by atoms with van der Waals surface area (Å²) in [5.41, 5.74) is 3.62. The molecule has 3 aromatic carbocycles. The first-order valence-corrected chi connectivity index (χ1v) is 11.5. The van der Waals surface area contributed by atoms with Gasteiger partial charge in [-0.05, 0) is 60.2 Å². The average Bonchev–Trinajstić information content (AvgIpc) is 3.32. The van der Waals surface area contributed by atoms with Gasteiger partial charge in [0.25, 0.3) is 5.91 Å². The van der Waals surface area contributed by atoms with E-state index in [1.807, 2.05) is 91.0 Å². The van der Waals surface area contributed by atoms with Crippen LogP contribution in [0.2, 0.25) is 0 Å². The molecule has 34 heavy (non-hydrogen) atoms. The first-order valence-electron chi connectivity index (χ1n) is 11.5. The summed E-state index contributed by atoms with van der Waals surface area (Å²) < 4.78 is 10.7. The van der Waals surface area contributed by atoms with Crippen molar-refractivity contribution >= 4 is 11.9 Å². The van der Waals surface area contributed by atoms with Crippen LogP contribution in [0.1, 0.15) is 35.2 Å². The van der Waals surface area contributed by atoms with E-state index in [1.54, 1.807) is 14.0 Å². The van der Waals surface area contributed by atoms with Crippen molar-refractivity contribution in [1.29, 1.82) is 0 Å². The van der Waals surface area contributed by atoms with Crippen LogP contribution in [0, 0.1) is 5.92 Å². The average molecular weight is 456 g/mol. The smallest absolute Gasteiger partial charge is 0.314 e. The van der Waals surface area contributed by atoms with E-state index in [-0.39, 0.29) is 23.8 Å². The summed E-state index contributed by atoms with van der Waals surface area (Å²) in [7, 11) is 1.60. The summed E-state index contributed by atoms with van der Waals surface area (Å²) in [5, 5.41) is 3.08. The van der Waals surface area contributed by atoms with Gasteiger partial charge in [-0.15, -0.1) is 0 Å². The Labute approximate surface area is 200 Å². The van der Waals surface area contributed by atoms with Gasteiger partial charge in [-0.2, -0.15) is 0 Å². The molecule has 0 fully saturated rings. The fraction of sp³-hybridized carbons (Fsp3) is 0.241. The molecule has 1 N–H and O–H groups in total. The molecule has 3 unspecified atom stereocenters. The number of hydrogen-bond donors (Lipinski definition) is 1. The van der Waals surface area contributed by atoms with Gasteiger partial charge in [-0.25, -0.2) is 0 Å². The molecular weight excluding hydrogens is 426 g/mol. The maximum atomic E-state index is 12.9. The van der Waals surface area contributed by atoms with Crippen molar-refractivity contribution in [2.24, 2.45) is 5.92 Å². The van der Waals surface area contributed by atoms with Gasteiger partial charge in [0.15, 0.2) is 0 Å². The van der Waals surface area contributed by atoms with Crippen LogP contribution in [0.25, 0.3) is 11.1 Å². The summed E-state index contributed by atoms with van der Waals surface area (Å²) in [6.45, 7) is 2.12. The number of amides is 1. The Hall–Kier alpha value is -3.86. The van der Waals surface area contributed by atoms with Crippen LogP contribution in [-0.4, -0.2) is 31.6 Å². The minimum absolute atomic E-state index is 0.0862. The quantitative estimate of drug-likeness (QED) is 0.366. The highest BCUT2D eigenvalue weighted by Gasteiger charge is 2.34. The Bertz CT molecular complexity index is 1150. The number of carbonyl (C=O) groups is 2. The lowest BCUT2D eigenvalue weighted by Crippen LogP contribution is -2.33. The second-order valence-electron chi connectivity index (χ2n) is 8.31. The second-order valence-corrected chi connectivity index (χ2v) is 8.31. The van der Waals surface area contributed by atoms with Crippen molar-refractivity contribution in [2.45, 2.75) is 25.3 Å². The van der Waals surface area contributed by atoms with E-state index in [1.165, 1.54) is 0 Å². The molecule has 0 radical (unpaired) electrons. The Kier molecular flexibility index (Phi) is 7.43. The first kappa shape index (κ1) is 23.3. The normalized spacial score (nSPS) is 17.7. The fourth-order valence-electron chi connectivity index (χ4n) is 4.40. The predicted molar refractivity (Wildman–Crippen MR) is 133 cm³/mol. The Morgan fingerprint density at radius 1 is 0.941 bits per heavy atom. The van der Waals surface area contributed by atoms with E-state index in [2.05, 4.69) is 5.32 Å². The summed E-state index contributed by atoms with van der Waals surface area (Å²) in [4.78, 5) is 25.7. The summed E-state index contributed by atoms with van der Waals surface area (Å²) in [6, 6.07) is 25.0. The molecule has 0 aliphatic heterocycles. The number of methoxy groups -OCH3 is 1. The van der Waals surface area contributed by atoms with E-state index >= 15 is 0 Å². The zero-order chi connectivity index (χ0) is 23.9. The van der Waals surface area contributed by atoms with Crippen LogP contribution < -0.4 is 10.1 Å². The second kappa shape index (κ2) is 10.8. The SMILES string of the molecule is CCOC(=O)C(c1cccc(OC)c1)C1C=CC(NC(=O)c2ccc(-c3ccccc3)cc2)C1. The van der Waals surface area contributed by atoms with Gasteiger partial charge in [-0.1, -0.05) is 66.7 Å². The van der Waals surface area contributed by atoms with E-state index in [9.17, 15) is 9.59 Å². The molecule has 5 nitrogen and oxygen atoms in total. The molecule has 1 aliphatic carbocycles. The van der Waals surface area contributed by atoms with E-state index in [0.717, 1.165) is 16.7 Å². The molecular formula is C29H29NO4. The van der Waals surface area contributed by atoms with Crippen molar-refractivity contribution in [3.63, 3.8) is 0 Å². The molecule has 5 heteroatoms. The number of rotatable bonds is 8. The molecule has 0 saturated heterocycles. The number of ether oxygens (including phenoxy) is 2. The van der Waals surface area contributed by atoms with Crippen LogP contribution in [0.4, 0.5) is 0 Å². The van der Waals surface area contributed by atoms with E-state index in [0.29, 0.717) is 24.3 Å². The number of carbonyl (C=O) groups excluding carboxylic acids is 2. The molecule has 3 aromatic rings. The molecule has 1 amide bonds. The highest BCUT2D eigenvalue weighted by Crippen LogP contribution is 2.35. The molecule has 0 heterocycles. The van der Waals surface area contributed by atoms with Gasteiger partial charge in [0.1, 0.15) is 5.75 Å². The van der Waals surface area contributed by atoms with Crippen LogP contribution in [0.5, 0.6) is 5.75 Å². The molecule has 0 spiro atoms. The van der Waals surface area contributed by atoms with Gasteiger partial charge >= 0.3 is 5.97 Å². The van der Waals surface area contributed by atoms with Gasteiger partial charge in [0.05, 0.1) is 19.6 Å². The largest absolute Gasteiger partial charge is 0.497 e. The molecule has 0 bridgehead atoms. The van der Waals surface area contributed by atoms with Crippen molar-refractivity contribution in [3.05, 3.63) is 102 Å². The predicted octanol–water partition coefficient (Wildman–Crippen LogP) is 5.38. The molecule has 174 valence electrons. The number of nitrogens with one attached hydrogen (secondary N) is 1. The third kappa shape index (κ3) is 5.37. The zero-order valence-corrected chi connectivity index (χ0v) is 19.4. The lowest BCUT2D eigenvalue weighted by molar-refractivity contribution is -0.146. The zero-order valence-electron chi connectivity index (χ0n) is 19.4. The lowest BCUT2D eigenvalue weighted by atomic mass is 9.85. The number of allylic oxidation sites excluding steroid dienone is 1. The molecule has 0 saturated carbocycles. The number of benzene rings is 3. The van der Waals surface area contributed by atoms with Gasteiger partial charge in [0, 0.05) is 11.6 Å². The van der Waals surface area contributed by atoms with Gasteiger partial charge in [0.2, 0.25) is 0 Å². The Morgan fingerprint density at radius 3 is 2.38 bits per heavy atom. The Morgan fingerprint density at radius 2 is 1.68 bits per heavy atom. The maximum Gasteiger partial charge on any atom is 0.314 e. The standard InChI is InChI=1S/C29H29NO4/c1-3-34-29(32)27(23-10-7-11-26(19-23)33-2)24-16-17-25(18-24)30-28(31)22-14-12-21(13-15-22)20-8-5-4-6-9-20/h4-17,19,24-25,27H,3,18H2,1-2H3,(H,30,31). The molecule has 0 aromatic heterocycles. The topological polar surface area (TPSA) is 64.6 Å². The third-order valence-corrected chi connectivity index (χ3v) is 6.11. The van der Waals surface area contributed by atoms with Crippen molar-refractivity contribution in [3.8, 4) is 16.9 Å². The van der Waals surface area contributed by atoms with Crippen molar-refractivity contribution < 1.29 is 19.1 Å². The minimum atomic E-state index is -0.460. The van der Waals surface area contributed by atoms with Crippen LogP contribution >= 0.6 is 0 Å². The minimum Gasteiger partial charge on any atom is -0.497 e. The molecule has 1 aliphatic rings. The summed E-state index contributed by atoms with van der Waals surface area (Å²) >= 11 is 0. The monoisotopic (exact) mass is 455 g/mol. The Balaban J connectivity index is 1.43. The maximum absolute atomic E-state index is 12.9. The van der Waals surface area contributed by atoms with Crippen molar-refractivity contribution in [1.82, 2.24) is 5.32 Å². The van der Waals surface area contributed by atoms with Gasteiger partial charge in [-0.3, -0.25) is 9.59 Å². The van der Waals surface area contributed by atoms with Crippen LogP contribution in [0.3, 0.4) is 0 Å². The highest BCUT2D eigenvalue weighted by molar-refractivity contribution is 5.95. The van der Waals surface area contributed by atoms with Gasteiger partial charge < -0.3 is 14.8 Å². The first-order chi connectivity index (χ1) is 16.6. The highest BCUT2D eigenvalue weighted by atomic mass is 16.5. The van der Waals surface area contributed by atoms with E-state index in [4.69, 9.17) is 9.47 Å².